The summed E-state index contributed by atoms with van der Waals surface area (Å²) in [6, 6.07) is 11.3. The van der Waals surface area contributed by atoms with Crippen molar-refractivity contribution >= 4 is 5.91 Å². The molecule has 0 saturated carbocycles. The Hall–Kier alpha value is -2.89. The van der Waals surface area contributed by atoms with Gasteiger partial charge in [-0.15, -0.1) is 0 Å². The first kappa shape index (κ1) is 20.4. The number of nitrogens with one attached hydrogen (secondary N) is 1. The molecular formula is C21H27NO5. The SMILES string of the molecule is CCc1ccccc1O[C@@H](C)C(=O)NCc1cc(OC)c(OC)c(OC)c1. The highest BCUT2D eigenvalue weighted by atomic mass is 16.5. The molecule has 1 amide bonds. The fourth-order valence-electron chi connectivity index (χ4n) is 2.73. The lowest BCUT2D eigenvalue weighted by molar-refractivity contribution is -0.127. The van der Waals surface area contributed by atoms with E-state index in [1.807, 2.05) is 24.3 Å². The quantitative estimate of drug-likeness (QED) is 0.730. The Labute approximate surface area is 160 Å². The molecule has 6 nitrogen and oxygen atoms in total. The van der Waals surface area contributed by atoms with Crippen LogP contribution in [0.3, 0.4) is 0 Å². The predicted octanol–water partition coefficient (Wildman–Crippen LogP) is 3.36. The zero-order valence-corrected chi connectivity index (χ0v) is 16.5. The molecule has 146 valence electrons. The standard InChI is InChI=1S/C21H27NO5/c1-6-16-9-7-8-10-17(16)27-14(2)21(23)22-13-15-11-18(24-3)20(26-5)19(12-15)25-4/h7-12,14H,6,13H2,1-5H3,(H,22,23)/t14-/m0/s1. The largest absolute Gasteiger partial charge is 0.493 e. The molecule has 0 spiro atoms. The van der Waals surface area contributed by atoms with Crippen LogP contribution in [0.4, 0.5) is 0 Å². The molecule has 0 radical (unpaired) electrons. The molecule has 0 aromatic heterocycles. The highest BCUT2D eigenvalue weighted by Gasteiger charge is 2.17. The Morgan fingerprint density at radius 2 is 1.63 bits per heavy atom. The first-order chi connectivity index (χ1) is 13.0. The van der Waals surface area contributed by atoms with Crippen LogP contribution in [-0.4, -0.2) is 33.3 Å². The summed E-state index contributed by atoms with van der Waals surface area (Å²) in [4.78, 5) is 12.4. The highest BCUT2D eigenvalue weighted by molar-refractivity contribution is 5.80. The summed E-state index contributed by atoms with van der Waals surface area (Å²) < 4.78 is 21.8. The summed E-state index contributed by atoms with van der Waals surface area (Å²) in [7, 11) is 4.66. The number of ether oxygens (including phenoxy) is 4. The average Bonchev–Trinajstić information content (AvgIpc) is 2.71. The predicted molar refractivity (Wildman–Crippen MR) is 104 cm³/mol. The van der Waals surface area contributed by atoms with Gasteiger partial charge in [0.15, 0.2) is 17.6 Å². The third kappa shape index (κ3) is 5.06. The van der Waals surface area contributed by atoms with Gasteiger partial charge in [0.25, 0.3) is 5.91 Å². The van der Waals surface area contributed by atoms with Crippen LogP contribution in [0.25, 0.3) is 0 Å². The van der Waals surface area contributed by atoms with E-state index in [2.05, 4.69) is 12.2 Å². The summed E-state index contributed by atoms with van der Waals surface area (Å²) in [5.41, 5.74) is 1.90. The maximum atomic E-state index is 12.4. The summed E-state index contributed by atoms with van der Waals surface area (Å²) >= 11 is 0. The van der Waals surface area contributed by atoms with Crippen molar-refractivity contribution in [3.05, 3.63) is 47.5 Å². The third-order valence-electron chi connectivity index (χ3n) is 4.22. The zero-order chi connectivity index (χ0) is 19.8. The first-order valence-corrected chi connectivity index (χ1v) is 8.85. The molecular weight excluding hydrogens is 346 g/mol. The Morgan fingerprint density at radius 3 is 2.19 bits per heavy atom. The monoisotopic (exact) mass is 373 g/mol. The minimum absolute atomic E-state index is 0.199. The second-order valence-electron chi connectivity index (χ2n) is 5.97. The van der Waals surface area contributed by atoms with Gasteiger partial charge in [-0.2, -0.15) is 0 Å². The Kier molecular flexibility index (Phi) is 7.34. The Bertz CT molecular complexity index is 750. The van der Waals surface area contributed by atoms with Crippen molar-refractivity contribution in [2.75, 3.05) is 21.3 Å². The van der Waals surface area contributed by atoms with Crippen molar-refractivity contribution in [1.82, 2.24) is 5.32 Å². The lowest BCUT2D eigenvalue weighted by atomic mass is 10.1. The first-order valence-electron chi connectivity index (χ1n) is 8.85. The van der Waals surface area contributed by atoms with Crippen LogP contribution in [0, 0.1) is 0 Å². The Morgan fingerprint density at radius 1 is 1.00 bits per heavy atom. The molecule has 2 aromatic carbocycles. The molecule has 2 rings (SSSR count). The van der Waals surface area contributed by atoms with Crippen molar-refractivity contribution < 1.29 is 23.7 Å². The summed E-state index contributed by atoms with van der Waals surface area (Å²) in [6.07, 6.45) is 0.232. The summed E-state index contributed by atoms with van der Waals surface area (Å²) in [5, 5.41) is 2.88. The molecule has 1 atom stereocenters. The van der Waals surface area contributed by atoms with E-state index in [4.69, 9.17) is 18.9 Å². The van der Waals surface area contributed by atoms with Crippen LogP contribution in [-0.2, 0) is 17.8 Å². The van der Waals surface area contributed by atoms with Crippen LogP contribution in [0.5, 0.6) is 23.0 Å². The molecule has 0 aliphatic rings. The zero-order valence-electron chi connectivity index (χ0n) is 16.5. The molecule has 27 heavy (non-hydrogen) atoms. The van der Waals surface area contributed by atoms with Gasteiger partial charge in [0.2, 0.25) is 5.75 Å². The molecule has 0 heterocycles. The number of hydrogen-bond acceptors (Lipinski definition) is 5. The second-order valence-corrected chi connectivity index (χ2v) is 5.97. The molecule has 1 N–H and O–H groups in total. The van der Waals surface area contributed by atoms with E-state index in [0.717, 1.165) is 23.3 Å². The van der Waals surface area contributed by atoms with E-state index < -0.39 is 6.10 Å². The normalized spacial score (nSPS) is 11.4. The van der Waals surface area contributed by atoms with E-state index >= 15 is 0 Å². The number of methoxy groups -OCH3 is 3. The van der Waals surface area contributed by atoms with Crippen molar-refractivity contribution in [3.63, 3.8) is 0 Å². The van der Waals surface area contributed by atoms with E-state index in [1.165, 1.54) is 0 Å². The highest BCUT2D eigenvalue weighted by Crippen LogP contribution is 2.38. The van der Waals surface area contributed by atoms with E-state index in [9.17, 15) is 4.79 Å². The topological polar surface area (TPSA) is 66.0 Å². The number of carbonyl (C=O) groups excluding carboxylic acids is 1. The lowest BCUT2D eigenvalue weighted by Crippen LogP contribution is -2.36. The number of rotatable bonds is 9. The fourth-order valence-corrected chi connectivity index (χ4v) is 2.73. The molecule has 0 bridgehead atoms. The molecule has 2 aromatic rings. The van der Waals surface area contributed by atoms with Gasteiger partial charge in [-0.05, 0) is 42.7 Å². The molecule has 0 aliphatic heterocycles. The van der Waals surface area contributed by atoms with Crippen molar-refractivity contribution in [2.45, 2.75) is 32.9 Å². The van der Waals surface area contributed by atoms with Crippen LogP contribution in [0.1, 0.15) is 25.0 Å². The van der Waals surface area contributed by atoms with Gasteiger partial charge in [-0.25, -0.2) is 0 Å². The van der Waals surface area contributed by atoms with Gasteiger partial charge < -0.3 is 24.3 Å². The minimum Gasteiger partial charge on any atom is -0.493 e. The van der Waals surface area contributed by atoms with E-state index in [0.29, 0.717) is 23.8 Å². The number of benzene rings is 2. The van der Waals surface area contributed by atoms with Gasteiger partial charge in [-0.3, -0.25) is 4.79 Å². The maximum Gasteiger partial charge on any atom is 0.261 e. The molecule has 0 unspecified atom stereocenters. The third-order valence-corrected chi connectivity index (χ3v) is 4.22. The van der Waals surface area contributed by atoms with Crippen LogP contribution < -0.4 is 24.3 Å². The summed E-state index contributed by atoms with van der Waals surface area (Å²) in [5.74, 6) is 2.14. The molecule has 6 heteroatoms. The maximum absolute atomic E-state index is 12.4. The number of aryl methyl sites for hydroxylation is 1. The number of amides is 1. The summed E-state index contributed by atoms with van der Waals surface area (Å²) in [6.45, 7) is 4.10. The van der Waals surface area contributed by atoms with Gasteiger partial charge in [0.1, 0.15) is 5.75 Å². The number of hydrogen-bond donors (Lipinski definition) is 1. The number of para-hydroxylation sites is 1. The van der Waals surface area contributed by atoms with Gasteiger partial charge in [0, 0.05) is 6.54 Å². The molecule has 0 aliphatic carbocycles. The minimum atomic E-state index is -0.611. The Balaban J connectivity index is 2.04. The van der Waals surface area contributed by atoms with Crippen molar-refractivity contribution in [3.8, 4) is 23.0 Å². The lowest BCUT2D eigenvalue weighted by Gasteiger charge is -2.18. The van der Waals surface area contributed by atoms with Crippen LogP contribution in [0.15, 0.2) is 36.4 Å². The van der Waals surface area contributed by atoms with Gasteiger partial charge >= 0.3 is 0 Å². The van der Waals surface area contributed by atoms with Crippen molar-refractivity contribution in [1.29, 1.82) is 0 Å². The smallest absolute Gasteiger partial charge is 0.261 e. The van der Waals surface area contributed by atoms with Crippen molar-refractivity contribution in [2.24, 2.45) is 0 Å². The van der Waals surface area contributed by atoms with Gasteiger partial charge in [0.05, 0.1) is 21.3 Å². The van der Waals surface area contributed by atoms with Crippen LogP contribution in [0.2, 0.25) is 0 Å². The van der Waals surface area contributed by atoms with E-state index in [1.54, 1.807) is 40.4 Å². The average molecular weight is 373 g/mol. The van der Waals surface area contributed by atoms with Gasteiger partial charge in [-0.1, -0.05) is 25.1 Å². The molecule has 0 fully saturated rings. The number of carbonyl (C=O) groups is 1. The molecule has 0 saturated heterocycles. The van der Waals surface area contributed by atoms with E-state index in [-0.39, 0.29) is 5.91 Å². The second kappa shape index (κ2) is 9.71. The fraction of sp³-hybridized carbons (Fsp3) is 0.381. The van der Waals surface area contributed by atoms with Crippen LogP contribution >= 0.6 is 0 Å².